The quantitative estimate of drug-likeness (QED) is 0.766. The van der Waals surface area contributed by atoms with Crippen molar-refractivity contribution in [3.05, 3.63) is 35.4 Å². The molecule has 0 bridgehead atoms. The Balaban J connectivity index is 3.23. The van der Waals surface area contributed by atoms with Crippen LogP contribution in [0.3, 0.4) is 0 Å². The summed E-state index contributed by atoms with van der Waals surface area (Å²) < 4.78 is 5.22. The fraction of sp³-hybridized carbons (Fsp3) is 0.400. The highest BCUT2D eigenvalue weighted by Crippen LogP contribution is 2.26. The Morgan fingerprint density at radius 3 is 2.50 bits per heavy atom. The molecule has 1 aromatic carbocycles. The van der Waals surface area contributed by atoms with Crippen LogP contribution in [-0.2, 0) is 4.79 Å². The molecule has 0 atom stereocenters. The summed E-state index contributed by atoms with van der Waals surface area (Å²) in [4.78, 5) is 13.6. The van der Waals surface area contributed by atoms with Crippen LogP contribution in [0.4, 0.5) is 0 Å². The van der Waals surface area contributed by atoms with Crippen molar-refractivity contribution in [2.45, 2.75) is 20.3 Å². The number of rotatable bonds is 4. The number of nitrogens with zero attached hydrogens (tertiary/aromatic N) is 1. The number of carbonyl (C=O) groups is 1. The van der Waals surface area contributed by atoms with E-state index in [4.69, 9.17) is 4.74 Å². The molecule has 0 saturated heterocycles. The first-order chi connectivity index (χ1) is 8.51. The number of benzene rings is 1. The largest absolute Gasteiger partial charge is 0.497 e. The monoisotopic (exact) mass is 247 g/mol. The molecule has 3 heteroatoms. The van der Waals surface area contributed by atoms with Crippen molar-refractivity contribution < 1.29 is 9.53 Å². The summed E-state index contributed by atoms with van der Waals surface area (Å²) in [6, 6.07) is 7.82. The van der Waals surface area contributed by atoms with Gasteiger partial charge in [0.1, 0.15) is 5.75 Å². The lowest BCUT2D eigenvalue weighted by atomic mass is 9.97. The van der Waals surface area contributed by atoms with Gasteiger partial charge in [-0.15, -0.1) is 0 Å². The molecule has 0 N–H and O–H groups in total. The third-order valence-electron chi connectivity index (χ3n) is 2.95. The Labute approximate surface area is 109 Å². The maximum absolute atomic E-state index is 12.0. The van der Waals surface area contributed by atoms with Gasteiger partial charge in [0.2, 0.25) is 5.91 Å². The lowest BCUT2D eigenvalue weighted by Gasteiger charge is -2.15. The van der Waals surface area contributed by atoms with Crippen LogP contribution in [0.15, 0.2) is 29.8 Å². The summed E-state index contributed by atoms with van der Waals surface area (Å²) in [6.45, 7) is 3.93. The van der Waals surface area contributed by atoms with Crippen molar-refractivity contribution in [1.29, 1.82) is 0 Å². The number of amides is 1. The van der Waals surface area contributed by atoms with Gasteiger partial charge in [-0.1, -0.05) is 19.1 Å². The SMILES string of the molecule is CC/C(=C(\C)C(=O)N(C)C)c1cccc(OC)c1. The van der Waals surface area contributed by atoms with Gasteiger partial charge in [-0.25, -0.2) is 0 Å². The highest BCUT2D eigenvalue weighted by molar-refractivity contribution is 6.00. The summed E-state index contributed by atoms with van der Waals surface area (Å²) in [6.07, 6.45) is 0.818. The predicted molar refractivity (Wildman–Crippen MR) is 74.6 cm³/mol. The third-order valence-corrected chi connectivity index (χ3v) is 2.95. The lowest BCUT2D eigenvalue weighted by molar-refractivity contribution is -0.124. The van der Waals surface area contributed by atoms with Crippen LogP contribution in [0.25, 0.3) is 5.57 Å². The number of hydrogen-bond donors (Lipinski definition) is 0. The Bertz CT molecular complexity index is 461. The van der Waals surface area contributed by atoms with Crippen molar-refractivity contribution in [3.63, 3.8) is 0 Å². The van der Waals surface area contributed by atoms with E-state index in [1.165, 1.54) is 0 Å². The van der Waals surface area contributed by atoms with E-state index in [1.54, 1.807) is 26.1 Å². The number of likely N-dealkylation sites (N-methyl/N-ethyl adjacent to an activating group) is 1. The number of methoxy groups -OCH3 is 1. The minimum absolute atomic E-state index is 0.0506. The lowest BCUT2D eigenvalue weighted by Crippen LogP contribution is -2.23. The van der Waals surface area contributed by atoms with Gasteiger partial charge in [-0.05, 0) is 36.6 Å². The zero-order valence-electron chi connectivity index (χ0n) is 11.8. The van der Waals surface area contributed by atoms with Crippen LogP contribution >= 0.6 is 0 Å². The van der Waals surface area contributed by atoms with Crippen LogP contribution in [0.5, 0.6) is 5.75 Å². The molecule has 0 aliphatic carbocycles. The van der Waals surface area contributed by atoms with E-state index >= 15 is 0 Å². The van der Waals surface area contributed by atoms with E-state index in [0.717, 1.165) is 28.9 Å². The van der Waals surface area contributed by atoms with E-state index in [2.05, 4.69) is 6.92 Å². The number of ether oxygens (including phenoxy) is 1. The molecule has 3 nitrogen and oxygen atoms in total. The number of carbonyl (C=O) groups excluding carboxylic acids is 1. The van der Waals surface area contributed by atoms with Crippen LogP contribution < -0.4 is 4.74 Å². The van der Waals surface area contributed by atoms with Crippen molar-refractivity contribution in [2.24, 2.45) is 0 Å². The maximum atomic E-state index is 12.0. The van der Waals surface area contributed by atoms with Crippen LogP contribution in [0.1, 0.15) is 25.8 Å². The minimum atomic E-state index is 0.0506. The first-order valence-corrected chi connectivity index (χ1v) is 6.07. The Kier molecular flexibility index (Phi) is 4.95. The van der Waals surface area contributed by atoms with Crippen molar-refractivity contribution in [3.8, 4) is 5.75 Å². The van der Waals surface area contributed by atoms with Crippen LogP contribution in [0, 0.1) is 0 Å². The predicted octanol–water partition coefficient (Wildman–Crippen LogP) is 2.97. The average molecular weight is 247 g/mol. The molecule has 0 radical (unpaired) electrons. The standard InChI is InChI=1S/C15H21NO2/c1-6-14(11(2)15(17)16(3)4)12-8-7-9-13(10-12)18-5/h7-10H,6H2,1-5H3/b14-11-. The fourth-order valence-electron chi connectivity index (χ4n) is 1.96. The third kappa shape index (κ3) is 3.13. The molecule has 0 spiro atoms. The molecule has 0 saturated carbocycles. The second-order valence-corrected chi connectivity index (χ2v) is 4.39. The first kappa shape index (κ1) is 14.3. The van der Waals surface area contributed by atoms with Crippen molar-refractivity contribution in [1.82, 2.24) is 4.90 Å². The summed E-state index contributed by atoms with van der Waals surface area (Å²) >= 11 is 0. The summed E-state index contributed by atoms with van der Waals surface area (Å²) in [5, 5.41) is 0. The van der Waals surface area contributed by atoms with E-state index in [1.807, 2.05) is 31.2 Å². The van der Waals surface area contributed by atoms with Gasteiger partial charge >= 0.3 is 0 Å². The molecule has 1 amide bonds. The molecule has 1 aromatic rings. The number of allylic oxidation sites excluding steroid dienone is 1. The highest BCUT2D eigenvalue weighted by atomic mass is 16.5. The topological polar surface area (TPSA) is 29.5 Å². The number of hydrogen-bond acceptors (Lipinski definition) is 2. The molecule has 0 fully saturated rings. The molecule has 18 heavy (non-hydrogen) atoms. The van der Waals surface area contributed by atoms with Gasteiger partial charge in [-0.3, -0.25) is 4.79 Å². The molecular weight excluding hydrogens is 226 g/mol. The Hall–Kier alpha value is -1.77. The van der Waals surface area contributed by atoms with Gasteiger partial charge < -0.3 is 9.64 Å². The van der Waals surface area contributed by atoms with Gasteiger partial charge in [0.25, 0.3) is 0 Å². The van der Waals surface area contributed by atoms with E-state index in [-0.39, 0.29) is 5.91 Å². The van der Waals surface area contributed by atoms with Crippen LogP contribution in [0.2, 0.25) is 0 Å². The summed E-state index contributed by atoms with van der Waals surface area (Å²) in [7, 11) is 5.18. The molecule has 0 unspecified atom stereocenters. The molecular formula is C15H21NO2. The maximum Gasteiger partial charge on any atom is 0.249 e. The van der Waals surface area contributed by atoms with E-state index in [0.29, 0.717) is 0 Å². The van der Waals surface area contributed by atoms with E-state index in [9.17, 15) is 4.79 Å². The molecule has 1 rings (SSSR count). The smallest absolute Gasteiger partial charge is 0.249 e. The second-order valence-electron chi connectivity index (χ2n) is 4.39. The van der Waals surface area contributed by atoms with Crippen molar-refractivity contribution >= 4 is 11.5 Å². The normalized spacial score (nSPS) is 11.8. The minimum Gasteiger partial charge on any atom is -0.497 e. The summed E-state index contributed by atoms with van der Waals surface area (Å²) in [5.74, 6) is 0.859. The van der Waals surface area contributed by atoms with Gasteiger partial charge in [0.05, 0.1) is 7.11 Å². The van der Waals surface area contributed by atoms with Gasteiger partial charge in [0, 0.05) is 19.7 Å². The van der Waals surface area contributed by atoms with Crippen molar-refractivity contribution in [2.75, 3.05) is 21.2 Å². The molecule has 0 aliphatic heterocycles. The van der Waals surface area contributed by atoms with E-state index < -0.39 is 0 Å². The van der Waals surface area contributed by atoms with Gasteiger partial charge in [-0.2, -0.15) is 0 Å². The Morgan fingerprint density at radius 2 is 2.00 bits per heavy atom. The highest BCUT2D eigenvalue weighted by Gasteiger charge is 2.13. The molecule has 0 aliphatic rings. The summed E-state index contributed by atoms with van der Waals surface area (Å²) in [5.41, 5.74) is 2.90. The van der Waals surface area contributed by atoms with Crippen LogP contribution in [-0.4, -0.2) is 32.0 Å². The fourth-order valence-corrected chi connectivity index (χ4v) is 1.96. The molecule has 98 valence electrons. The zero-order chi connectivity index (χ0) is 13.7. The average Bonchev–Trinajstić information content (AvgIpc) is 2.38. The van der Waals surface area contributed by atoms with Gasteiger partial charge in [0.15, 0.2) is 0 Å². The zero-order valence-corrected chi connectivity index (χ0v) is 11.8. The second kappa shape index (κ2) is 6.24. The molecule has 0 heterocycles. The first-order valence-electron chi connectivity index (χ1n) is 6.07. The molecule has 0 aromatic heterocycles. The Morgan fingerprint density at radius 1 is 1.33 bits per heavy atom.